The molecule has 3 N–H and O–H groups in total. The number of nitrogens with one attached hydrogen (secondary N) is 1. The fourth-order valence-corrected chi connectivity index (χ4v) is 4.26. The van der Waals surface area contributed by atoms with Crippen molar-refractivity contribution in [2.24, 2.45) is 0 Å². The Morgan fingerprint density at radius 3 is 1.89 bits per heavy atom. The summed E-state index contributed by atoms with van der Waals surface area (Å²) in [5.41, 5.74) is 0. The summed E-state index contributed by atoms with van der Waals surface area (Å²) >= 11 is 0. The molecular weight excluding hydrogens is 513 g/mol. The molecule has 0 aliphatic rings. The maximum atomic E-state index is 12.2. The lowest BCUT2D eigenvalue weighted by atomic mass is 10.1. The normalized spacial score (nSPS) is 12.4. The van der Waals surface area contributed by atoms with Crippen molar-refractivity contribution in [3.63, 3.8) is 0 Å². The molecule has 0 fully saturated rings. The van der Waals surface area contributed by atoms with Crippen molar-refractivity contribution < 1.29 is 42.7 Å². The van der Waals surface area contributed by atoms with Gasteiger partial charge in [-0.3, -0.25) is 14.1 Å². The number of unbranched alkanes of at least 4 members (excludes halogenated alkanes) is 14. The van der Waals surface area contributed by atoms with E-state index in [1.54, 1.807) is 0 Å². The zero-order valence-corrected chi connectivity index (χ0v) is 24.7. The monoisotopic (exact) mass is 567 g/mol. The molecule has 0 rings (SSSR count). The number of esters is 1. The Bertz CT molecular complexity index is 615. The van der Waals surface area contributed by atoms with E-state index in [0.717, 1.165) is 70.8 Å². The van der Waals surface area contributed by atoms with E-state index in [-0.39, 0.29) is 25.7 Å². The van der Waals surface area contributed by atoms with E-state index >= 15 is 0 Å². The molecule has 0 bridgehead atoms. The third kappa shape index (κ3) is 29.5. The van der Waals surface area contributed by atoms with E-state index in [1.807, 2.05) is 0 Å². The molecule has 0 aromatic carbocycles. The molecule has 0 saturated heterocycles. The average molecular weight is 568 g/mol. The van der Waals surface area contributed by atoms with Crippen LogP contribution in [-0.2, 0) is 32.9 Å². The molecule has 0 radical (unpaired) electrons. The smallest absolute Gasteiger partial charge is 0.457 e. The maximum absolute atomic E-state index is 12.2. The summed E-state index contributed by atoms with van der Waals surface area (Å²) in [6.45, 7) is 4.51. The summed E-state index contributed by atoms with van der Waals surface area (Å²) < 4.78 is 31.7. The molecule has 0 saturated carbocycles. The van der Waals surface area contributed by atoms with Gasteiger partial charge in [0.25, 0.3) is 0 Å². The Labute approximate surface area is 230 Å². The molecule has 226 valence electrons. The highest BCUT2D eigenvalue weighted by molar-refractivity contribution is 7.46. The summed E-state index contributed by atoms with van der Waals surface area (Å²) in [6, 6.07) is 0. The van der Waals surface area contributed by atoms with E-state index in [2.05, 4.69) is 16.8 Å². The second-order valence-corrected chi connectivity index (χ2v) is 11.1. The number of phosphoric ester groups is 1. The molecule has 0 aliphatic heterocycles. The van der Waals surface area contributed by atoms with Gasteiger partial charge in [0.05, 0.1) is 13.2 Å². The van der Waals surface area contributed by atoms with Crippen molar-refractivity contribution in [3.05, 3.63) is 0 Å². The van der Waals surface area contributed by atoms with Crippen LogP contribution < -0.4 is 5.32 Å². The Balaban J connectivity index is 3.86. The van der Waals surface area contributed by atoms with Crippen molar-refractivity contribution >= 4 is 19.7 Å². The summed E-state index contributed by atoms with van der Waals surface area (Å²) in [5.74, 6) is -0.406. The van der Waals surface area contributed by atoms with Crippen LogP contribution in [0.25, 0.3) is 0 Å². The highest BCUT2D eigenvalue weighted by atomic mass is 31.2. The van der Waals surface area contributed by atoms with E-state index in [4.69, 9.17) is 24.0 Å². The lowest BCUT2D eigenvalue weighted by molar-refractivity contribution is -0.158. The topological polar surface area (TPSA) is 141 Å². The number of amides is 1. The van der Waals surface area contributed by atoms with E-state index in [0.29, 0.717) is 6.61 Å². The zero-order chi connectivity index (χ0) is 28.3. The summed E-state index contributed by atoms with van der Waals surface area (Å²) in [7, 11) is -4.68. The third-order valence-corrected chi connectivity index (χ3v) is 6.51. The predicted octanol–water partition coefficient (Wildman–Crippen LogP) is 5.79. The first-order chi connectivity index (χ1) is 18.2. The Kier molecular flexibility index (Phi) is 25.5. The van der Waals surface area contributed by atoms with Crippen LogP contribution in [0.4, 0.5) is 0 Å². The van der Waals surface area contributed by atoms with Gasteiger partial charge < -0.3 is 29.3 Å². The molecular formula is C27H54NO9P. The lowest BCUT2D eigenvalue weighted by Crippen LogP contribution is -2.28. The standard InChI is InChI=1S/C27H54NO9P/c1-3-4-5-6-7-8-10-13-16-19-27(30)37-26(23-36-38(31,32)33)22-35-24-34-21-18-15-12-9-11-14-17-20-28-25(2)29/h26H,3-24H2,1-2H3,(H,28,29)(H2,31,32,33)/t26-/m0/s1. The van der Waals surface area contributed by atoms with Gasteiger partial charge >= 0.3 is 13.8 Å². The van der Waals surface area contributed by atoms with Crippen molar-refractivity contribution in [3.8, 4) is 0 Å². The third-order valence-electron chi connectivity index (χ3n) is 6.02. The van der Waals surface area contributed by atoms with Crippen LogP contribution in [0.2, 0.25) is 0 Å². The fourth-order valence-electron chi connectivity index (χ4n) is 3.90. The van der Waals surface area contributed by atoms with Crippen LogP contribution in [0, 0.1) is 0 Å². The molecule has 0 unspecified atom stereocenters. The fraction of sp³-hybridized carbons (Fsp3) is 0.926. The van der Waals surface area contributed by atoms with Crippen molar-refractivity contribution in [2.45, 2.75) is 129 Å². The zero-order valence-electron chi connectivity index (χ0n) is 23.8. The highest BCUT2D eigenvalue weighted by Gasteiger charge is 2.21. The first-order valence-electron chi connectivity index (χ1n) is 14.5. The van der Waals surface area contributed by atoms with E-state index < -0.39 is 26.5 Å². The van der Waals surface area contributed by atoms with Gasteiger partial charge in [-0.25, -0.2) is 4.57 Å². The second kappa shape index (κ2) is 26.2. The first-order valence-corrected chi connectivity index (χ1v) is 16.1. The molecule has 0 aromatic heterocycles. The largest absolute Gasteiger partial charge is 0.469 e. The van der Waals surface area contributed by atoms with Crippen LogP contribution in [-0.4, -0.2) is 60.9 Å². The molecule has 11 heteroatoms. The number of carbonyl (C=O) groups is 2. The van der Waals surface area contributed by atoms with Gasteiger partial charge in [0, 0.05) is 26.5 Å². The Hall–Kier alpha value is -1.03. The molecule has 0 spiro atoms. The number of hydrogen-bond acceptors (Lipinski definition) is 7. The van der Waals surface area contributed by atoms with Gasteiger partial charge in [-0.05, 0) is 19.3 Å². The molecule has 1 atom stereocenters. The van der Waals surface area contributed by atoms with Gasteiger partial charge in [-0.2, -0.15) is 0 Å². The van der Waals surface area contributed by atoms with Crippen molar-refractivity contribution in [2.75, 3.05) is 33.2 Å². The minimum absolute atomic E-state index is 0.00532. The Morgan fingerprint density at radius 1 is 0.763 bits per heavy atom. The SMILES string of the molecule is CCCCCCCCCCCC(=O)O[C@@H](COCOCCCCCCCCCNC(C)=O)COP(=O)(O)O. The average Bonchev–Trinajstić information content (AvgIpc) is 2.85. The first kappa shape index (κ1) is 37.0. The number of ether oxygens (including phenoxy) is 3. The van der Waals surface area contributed by atoms with Crippen LogP contribution in [0.5, 0.6) is 0 Å². The quantitative estimate of drug-likeness (QED) is 0.0464. The lowest BCUT2D eigenvalue weighted by Gasteiger charge is -2.18. The van der Waals surface area contributed by atoms with Gasteiger partial charge in [-0.15, -0.1) is 0 Å². The van der Waals surface area contributed by atoms with Gasteiger partial charge in [-0.1, -0.05) is 90.4 Å². The summed E-state index contributed by atoms with van der Waals surface area (Å²) in [6.07, 6.45) is 17.1. The summed E-state index contributed by atoms with van der Waals surface area (Å²) in [5, 5.41) is 2.80. The van der Waals surface area contributed by atoms with Crippen LogP contribution in [0.3, 0.4) is 0 Å². The highest BCUT2D eigenvalue weighted by Crippen LogP contribution is 2.35. The number of hydrogen-bond donors (Lipinski definition) is 3. The van der Waals surface area contributed by atoms with Crippen molar-refractivity contribution in [1.29, 1.82) is 0 Å². The number of phosphoric acid groups is 1. The summed E-state index contributed by atoms with van der Waals surface area (Å²) in [4.78, 5) is 40.9. The van der Waals surface area contributed by atoms with Crippen LogP contribution >= 0.6 is 7.82 Å². The van der Waals surface area contributed by atoms with Crippen LogP contribution in [0.15, 0.2) is 0 Å². The number of carbonyl (C=O) groups excluding carboxylic acids is 2. The minimum Gasteiger partial charge on any atom is -0.457 e. The van der Waals surface area contributed by atoms with Gasteiger partial charge in [0.1, 0.15) is 12.9 Å². The predicted molar refractivity (Wildman–Crippen MR) is 147 cm³/mol. The molecule has 0 aliphatic carbocycles. The maximum Gasteiger partial charge on any atom is 0.469 e. The van der Waals surface area contributed by atoms with Gasteiger partial charge in [0.15, 0.2) is 0 Å². The molecule has 38 heavy (non-hydrogen) atoms. The molecule has 0 heterocycles. The molecule has 0 aromatic rings. The molecule has 10 nitrogen and oxygen atoms in total. The van der Waals surface area contributed by atoms with Gasteiger partial charge in [0.2, 0.25) is 5.91 Å². The molecule has 1 amide bonds. The van der Waals surface area contributed by atoms with E-state index in [1.165, 1.54) is 45.4 Å². The second-order valence-electron chi connectivity index (χ2n) is 9.83. The van der Waals surface area contributed by atoms with Crippen LogP contribution in [0.1, 0.15) is 123 Å². The minimum atomic E-state index is -4.68. The number of rotatable bonds is 28. The van der Waals surface area contributed by atoms with Crippen molar-refractivity contribution in [1.82, 2.24) is 5.32 Å². The van der Waals surface area contributed by atoms with E-state index in [9.17, 15) is 14.2 Å². The Morgan fingerprint density at radius 2 is 1.32 bits per heavy atom.